The lowest BCUT2D eigenvalue weighted by atomic mass is 9.82. The third-order valence-electron chi connectivity index (χ3n) is 4.89. The third-order valence-corrected chi connectivity index (χ3v) is 4.89. The van der Waals surface area contributed by atoms with Gasteiger partial charge in [-0.15, -0.1) is 0 Å². The predicted octanol–water partition coefficient (Wildman–Crippen LogP) is 1.69. The molecule has 0 aliphatic heterocycles. The van der Waals surface area contributed by atoms with Crippen molar-refractivity contribution in [1.29, 1.82) is 0 Å². The molecule has 0 aliphatic rings. The monoisotopic (exact) mass is 346 g/mol. The molecule has 0 spiro atoms. The fraction of sp³-hybridized carbons (Fsp3) is 0.833. The summed E-state index contributed by atoms with van der Waals surface area (Å²) >= 11 is 0. The van der Waals surface area contributed by atoms with E-state index in [1.807, 2.05) is 0 Å². The number of esters is 1. The van der Waals surface area contributed by atoms with Crippen LogP contribution in [-0.4, -0.2) is 56.9 Å². The van der Waals surface area contributed by atoms with Crippen LogP contribution < -0.4 is 0 Å². The standard InChI is InChI=1S/C18H34O6/c1-6-17(4,22)14(19)10-11-18(23,7-2)15(20)9-8-13(3)12-16(21)24-5/h12,14-15,19-20,22-23H,6-11H2,1-5H3/b13-12+/t14-,15-,17-,18-/m0/s1. The highest BCUT2D eigenvalue weighted by atomic mass is 16.5. The van der Waals surface area contributed by atoms with E-state index in [0.717, 1.165) is 5.57 Å². The number of aliphatic hydroxyl groups excluding tert-OH is 2. The number of hydrogen-bond donors (Lipinski definition) is 4. The molecule has 142 valence electrons. The number of carbonyl (C=O) groups is 1. The van der Waals surface area contributed by atoms with Crippen LogP contribution in [0, 0.1) is 0 Å². The van der Waals surface area contributed by atoms with E-state index < -0.39 is 29.4 Å². The van der Waals surface area contributed by atoms with Gasteiger partial charge in [-0.3, -0.25) is 0 Å². The Bertz CT molecular complexity index is 418. The lowest BCUT2D eigenvalue weighted by molar-refractivity contribution is -0.134. The number of rotatable bonds is 11. The second-order valence-corrected chi connectivity index (χ2v) is 6.79. The molecule has 0 rings (SSSR count). The van der Waals surface area contributed by atoms with E-state index in [0.29, 0.717) is 25.7 Å². The first-order chi connectivity index (χ1) is 11.0. The van der Waals surface area contributed by atoms with Crippen LogP contribution in [0.1, 0.15) is 66.2 Å². The van der Waals surface area contributed by atoms with Gasteiger partial charge in [-0.2, -0.15) is 0 Å². The molecule has 0 aromatic heterocycles. The van der Waals surface area contributed by atoms with Crippen molar-refractivity contribution in [1.82, 2.24) is 0 Å². The summed E-state index contributed by atoms with van der Waals surface area (Å²) in [5, 5.41) is 41.1. The highest BCUT2D eigenvalue weighted by Crippen LogP contribution is 2.29. The first-order valence-corrected chi connectivity index (χ1v) is 8.58. The molecule has 0 aromatic rings. The fourth-order valence-corrected chi connectivity index (χ4v) is 2.48. The molecule has 6 nitrogen and oxygen atoms in total. The van der Waals surface area contributed by atoms with Crippen molar-refractivity contribution < 1.29 is 30.0 Å². The lowest BCUT2D eigenvalue weighted by Crippen LogP contribution is -2.45. The molecule has 0 saturated carbocycles. The maximum atomic E-state index is 11.2. The van der Waals surface area contributed by atoms with Gasteiger partial charge in [0.1, 0.15) is 0 Å². The van der Waals surface area contributed by atoms with Crippen LogP contribution in [0.2, 0.25) is 0 Å². The van der Waals surface area contributed by atoms with Crippen molar-refractivity contribution >= 4 is 5.97 Å². The van der Waals surface area contributed by atoms with Crippen LogP contribution in [0.5, 0.6) is 0 Å². The Morgan fingerprint density at radius 1 is 1.12 bits per heavy atom. The van der Waals surface area contributed by atoms with Crippen molar-refractivity contribution in [2.24, 2.45) is 0 Å². The number of hydrogen-bond acceptors (Lipinski definition) is 6. The quantitative estimate of drug-likeness (QED) is 0.335. The molecule has 0 aromatic carbocycles. The Labute approximate surface area is 145 Å². The zero-order valence-electron chi connectivity index (χ0n) is 15.6. The summed E-state index contributed by atoms with van der Waals surface area (Å²) in [7, 11) is 1.30. The zero-order valence-corrected chi connectivity index (χ0v) is 15.6. The number of ether oxygens (including phenoxy) is 1. The zero-order chi connectivity index (χ0) is 19.0. The van der Waals surface area contributed by atoms with Crippen LogP contribution >= 0.6 is 0 Å². The highest BCUT2D eigenvalue weighted by Gasteiger charge is 2.36. The fourth-order valence-electron chi connectivity index (χ4n) is 2.48. The largest absolute Gasteiger partial charge is 0.466 e. The molecule has 0 amide bonds. The minimum absolute atomic E-state index is 0.182. The van der Waals surface area contributed by atoms with E-state index in [-0.39, 0.29) is 12.8 Å². The molecule has 24 heavy (non-hydrogen) atoms. The molecule has 4 N–H and O–H groups in total. The first kappa shape index (κ1) is 23.1. The van der Waals surface area contributed by atoms with E-state index in [2.05, 4.69) is 4.74 Å². The van der Waals surface area contributed by atoms with E-state index in [1.54, 1.807) is 27.7 Å². The van der Waals surface area contributed by atoms with Gasteiger partial charge in [0.05, 0.1) is 30.5 Å². The number of methoxy groups -OCH3 is 1. The summed E-state index contributed by atoms with van der Waals surface area (Å²) in [6.07, 6.45) is 1.27. The summed E-state index contributed by atoms with van der Waals surface area (Å²) < 4.78 is 4.54. The van der Waals surface area contributed by atoms with Crippen LogP contribution in [0.3, 0.4) is 0 Å². The predicted molar refractivity (Wildman–Crippen MR) is 92.4 cm³/mol. The maximum Gasteiger partial charge on any atom is 0.330 e. The number of aliphatic hydroxyl groups is 4. The Morgan fingerprint density at radius 3 is 2.17 bits per heavy atom. The van der Waals surface area contributed by atoms with Gasteiger partial charge in [-0.1, -0.05) is 19.4 Å². The summed E-state index contributed by atoms with van der Waals surface area (Å²) in [5.41, 5.74) is -1.79. The topological polar surface area (TPSA) is 107 Å². The Morgan fingerprint density at radius 2 is 1.71 bits per heavy atom. The van der Waals surface area contributed by atoms with Gasteiger partial charge >= 0.3 is 5.97 Å². The highest BCUT2D eigenvalue weighted by molar-refractivity contribution is 5.82. The number of allylic oxidation sites excluding steroid dienone is 1. The van der Waals surface area contributed by atoms with Crippen molar-refractivity contribution in [2.45, 2.75) is 89.6 Å². The second-order valence-electron chi connectivity index (χ2n) is 6.79. The van der Waals surface area contributed by atoms with E-state index in [1.165, 1.54) is 13.2 Å². The third kappa shape index (κ3) is 7.30. The van der Waals surface area contributed by atoms with Crippen LogP contribution in [-0.2, 0) is 9.53 Å². The Balaban J connectivity index is 4.68. The summed E-state index contributed by atoms with van der Waals surface area (Å²) in [6.45, 7) is 6.86. The molecule has 0 aliphatic carbocycles. The van der Waals surface area contributed by atoms with Gasteiger partial charge in [0.25, 0.3) is 0 Å². The van der Waals surface area contributed by atoms with Crippen molar-refractivity contribution in [3.8, 4) is 0 Å². The molecule has 0 bridgehead atoms. The lowest BCUT2D eigenvalue weighted by Gasteiger charge is -2.35. The smallest absolute Gasteiger partial charge is 0.330 e. The molecule has 0 fully saturated rings. The van der Waals surface area contributed by atoms with E-state index in [9.17, 15) is 25.2 Å². The maximum absolute atomic E-state index is 11.2. The van der Waals surface area contributed by atoms with Gasteiger partial charge in [0, 0.05) is 6.08 Å². The van der Waals surface area contributed by atoms with Gasteiger partial charge < -0.3 is 25.2 Å². The van der Waals surface area contributed by atoms with Gasteiger partial charge in [0.2, 0.25) is 0 Å². The minimum Gasteiger partial charge on any atom is -0.466 e. The van der Waals surface area contributed by atoms with Crippen molar-refractivity contribution in [3.63, 3.8) is 0 Å². The molecule has 0 heterocycles. The van der Waals surface area contributed by atoms with Crippen LogP contribution in [0.15, 0.2) is 11.6 Å². The van der Waals surface area contributed by atoms with Crippen LogP contribution in [0.25, 0.3) is 0 Å². The minimum atomic E-state index is -1.34. The summed E-state index contributed by atoms with van der Waals surface area (Å²) in [5.74, 6) is -0.447. The van der Waals surface area contributed by atoms with E-state index in [4.69, 9.17) is 0 Å². The molecule has 0 saturated heterocycles. The Kier molecular flexibility index (Phi) is 9.73. The Hall–Kier alpha value is -0.950. The molecule has 0 unspecified atom stereocenters. The molecule has 0 radical (unpaired) electrons. The SMILES string of the molecule is CC[C@](O)(CC[C@H](O)[C@@](C)(O)CC)[C@@H](O)CC/C(C)=C/C(=O)OC. The van der Waals surface area contributed by atoms with E-state index >= 15 is 0 Å². The summed E-state index contributed by atoms with van der Waals surface area (Å²) in [6, 6.07) is 0. The number of carbonyl (C=O) groups excluding carboxylic acids is 1. The van der Waals surface area contributed by atoms with Gasteiger partial charge in [-0.25, -0.2) is 4.79 Å². The first-order valence-electron chi connectivity index (χ1n) is 8.58. The molecule has 6 heteroatoms. The molecular formula is C18H34O6. The van der Waals surface area contributed by atoms with Gasteiger partial charge in [0.15, 0.2) is 0 Å². The van der Waals surface area contributed by atoms with Gasteiger partial charge in [-0.05, 0) is 52.4 Å². The summed E-state index contributed by atoms with van der Waals surface area (Å²) in [4.78, 5) is 11.2. The average Bonchev–Trinajstić information content (AvgIpc) is 2.56. The van der Waals surface area contributed by atoms with Crippen molar-refractivity contribution in [3.05, 3.63) is 11.6 Å². The molecular weight excluding hydrogens is 312 g/mol. The van der Waals surface area contributed by atoms with Crippen molar-refractivity contribution in [2.75, 3.05) is 7.11 Å². The second kappa shape index (κ2) is 10.1. The van der Waals surface area contributed by atoms with Crippen LogP contribution in [0.4, 0.5) is 0 Å². The molecule has 4 atom stereocenters. The average molecular weight is 346 g/mol. The normalized spacial score (nSPS) is 20.0.